The Labute approximate surface area is 189 Å². The minimum absolute atomic E-state index is 0.0312. The van der Waals surface area contributed by atoms with Gasteiger partial charge in [0.2, 0.25) is 0 Å². The van der Waals surface area contributed by atoms with Gasteiger partial charge in [-0.25, -0.2) is 0 Å². The molecule has 0 aromatic heterocycles. The van der Waals surface area contributed by atoms with Gasteiger partial charge in [-0.1, -0.05) is 45.0 Å². The molecule has 1 saturated heterocycles. The van der Waals surface area contributed by atoms with Gasteiger partial charge in [0, 0.05) is 19.2 Å². The van der Waals surface area contributed by atoms with E-state index in [2.05, 4.69) is 20.8 Å². The second-order valence-corrected chi connectivity index (χ2v) is 9.04. The van der Waals surface area contributed by atoms with E-state index >= 15 is 0 Å². The zero-order valence-electron chi connectivity index (χ0n) is 19.6. The van der Waals surface area contributed by atoms with Crippen molar-refractivity contribution in [3.8, 4) is 5.75 Å². The second-order valence-electron chi connectivity index (χ2n) is 9.04. The van der Waals surface area contributed by atoms with Crippen molar-refractivity contribution in [2.75, 3.05) is 27.4 Å². The molecule has 1 heterocycles. The van der Waals surface area contributed by atoms with Crippen molar-refractivity contribution in [2.24, 2.45) is 0 Å². The molecule has 1 amide bonds. The number of likely N-dealkylation sites (tertiary alicyclic amines) is 1. The van der Waals surface area contributed by atoms with E-state index < -0.39 is 17.7 Å². The summed E-state index contributed by atoms with van der Waals surface area (Å²) in [7, 11) is 3.11. The molecule has 32 heavy (non-hydrogen) atoms. The van der Waals surface area contributed by atoms with Crippen molar-refractivity contribution < 1.29 is 24.2 Å². The first-order chi connectivity index (χ1) is 15.1. The first-order valence-electron chi connectivity index (χ1n) is 10.6. The summed E-state index contributed by atoms with van der Waals surface area (Å²) in [6.07, 6.45) is 0. The van der Waals surface area contributed by atoms with Gasteiger partial charge in [0.1, 0.15) is 11.5 Å². The van der Waals surface area contributed by atoms with Crippen LogP contribution in [0.2, 0.25) is 0 Å². The first kappa shape index (κ1) is 23.5. The van der Waals surface area contributed by atoms with Crippen LogP contribution in [0.25, 0.3) is 5.76 Å². The highest BCUT2D eigenvalue weighted by Crippen LogP contribution is 2.40. The fourth-order valence-electron chi connectivity index (χ4n) is 3.99. The van der Waals surface area contributed by atoms with E-state index in [1.165, 1.54) is 4.90 Å². The highest BCUT2D eigenvalue weighted by atomic mass is 16.5. The molecule has 1 atom stereocenters. The predicted octanol–water partition coefficient (Wildman–Crippen LogP) is 4.37. The molecule has 1 N–H and O–H groups in total. The summed E-state index contributed by atoms with van der Waals surface area (Å²) in [5, 5.41) is 11.2. The van der Waals surface area contributed by atoms with E-state index in [-0.39, 0.29) is 29.9 Å². The summed E-state index contributed by atoms with van der Waals surface area (Å²) in [4.78, 5) is 27.4. The van der Waals surface area contributed by atoms with Crippen molar-refractivity contribution in [2.45, 2.75) is 39.2 Å². The zero-order chi connectivity index (χ0) is 23.6. The van der Waals surface area contributed by atoms with Crippen LogP contribution in [0.15, 0.2) is 48.0 Å². The van der Waals surface area contributed by atoms with E-state index in [1.807, 2.05) is 31.2 Å². The summed E-state index contributed by atoms with van der Waals surface area (Å²) >= 11 is 0. The Bertz CT molecular complexity index is 1050. The zero-order valence-corrected chi connectivity index (χ0v) is 19.6. The molecule has 3 rings (SSSR count). The lowest BCUT2D eigenvalue weighted by Crippen LogP contribution is -2.32. The number of Topliss-reactive ketones (excluding diaryl/α,β-unsaturated/α-hetero) is 1. The number of hydrogen-bond donors (Lipinski definition) is 1. The molecule has 2 aromatic rings. The SMILES string of the molecule is COCCN1C(=O)C(=O)/C(=C(/O)c2ccc(OC)cc2C)[C@H]1c1ccc(C(C)(C)C)cc1. The number of aliphatic hydroxyl groups is 1. The lowest BCUT2D eigenvalue weighted by atomic mass is 9.85. The third-order valence-corrected chi connectivity index (χ3v) is 5.86. The Morgan fingerprint density at radius 2 is 1.72 bits per heavy atom. The Balaban J connectivity index is 2.16. The third kappa shape index (κ3) is 4.41. The Morgan fingerprint density at radius 3 is 2.25 bits per heavy atom. The number of hydrogen-bond acceptors (Lipinski definition) is 5. The van der Waals surface area contributed by atoms with Gasteiger partial charge in [-0.3, -0.25) is 9.59 Å². The number of aliphatic hydroxyl groups excluding tert-OH is 1. The van der Waals surface area contributed by atoms with Crippen LogP contribution in [0.3, 0.4) is 0 Å². The van der Waals surface area contributed by atoms with Gasteiger partial charge in [-0.2, -0.15) is 0 Å². The van der Waals surface area contributed by atoms with Gasteiger partial charge in [0.25, 0.3) is 11.7 Å². The maximum absolute atomic E-state index is 13.1. The van der Waals surface area contributed by atoms with Crippen LogP contribution in [0.5, 0.6) is 5.75 Å². The second kappa shape index (κ2) is 9.17. The molecule has 0 aliphatic carbocycles. The molecule has 6 nitrogen and oxygen atoms in total. The Hall–Kier alpha value is -3.12. The fourth-order valence-corrected chi connectivity index (χ4v) is 3.99. The molecular weight excluding hydrogens is 406 g/mol. The third-order valence-electron chi connectivity index (χ3n) is 5.86. The number of ketones is 1. The van der Waals surface area contributed by atoms with Gasteiger partial charge >= 0.3 is 0 Å². The fraction of sp³-hybridized carbons (Fsp3) is 0.385. The largest absolute Gasteiger partial charge is 0.507 e. The maximum Gasteiger partial charge on any atom is 0.295 e. The number of aryl methyl sites for hydroxylation is 1. The number of carbonyl (C=O) groups is 2. The molecule has 6 heteroatoms. The Morgan fingerprint density at radius 1 is 1.06 bits per heavy atom. The number of rotatable bonds is 6. The monoisotopic (exact) mass is 437 g/mol. The average molecular weight is 438 g/mol. The van der Waals surface area contributed by atoms with Crippen molar-refractivity contribution in [1.29, 1.82) is 0 Å². The number of ether oxygens (including phenoxy) is 2. The van der Waals surface area contributed by atoms with Crippen molar-refractivity contribution in [1.82, 2.24) is 4.90 Å². The van der Waals surface area contributed by atoms with Gasteiger partial charge in [-0.05, 0) is 47.2 Å². The summed E-state index contributed by atoms with van der Waals surface area (Å²) in [5.41, 5.74) is 3.19. The molecule has 2 aromatic carbocycles. The quantitative estimate of drug-likeness (QED) is 0.413. The van der Waals surface area contributed by atoms with Crippen LogP contribution in [0, 0.1) is 6.92 Å². The molecular formula is C26H31NO5. The van der Waals surface area contributed by atoms with Crippen LogP contribution in [0.4, 0.5) is 0 Å². The van der Waals surface area contributed by atoms with Crippen LogP contribution >= 0.6 is 0 Å². The number of amides is 1. The van der Waals surface area contributed by atoms with Crippen LogP contribution in [-0.4, -0.2) is 49.1 Å². The maximum atomic E-state index is 13.1. The average Bonchev–Trinajstić information content (AvgIpc) is 3.01. The normalized spacial score (nSPS) is 18.3. The molecule has 0 spiro atoms. The highest BCUT2D eigenvalue weighted by Gasteiger charge is 2.46. The molecule has 0 saturated carbocycles. The van der Waals surface area contributed by atoms with Gasteiger partial charge < -0.3 is 19.5 Å². The van der Waals surface area contributed by atoms with E-state index in [9.17, 15) is 14.7 Å². The molecule has 0 unspecified atom stereocenters. The summed E-state index contributed by atoms with van der Waals surface area (Å²) in [6.45, 7) is 8.72. The molecule has 170 valence electrons. The van der Waals surface area contributed by atoms with Crippen LogP contribution in [-0.2, 0) is 19.7 Å². The molecule has 1 aliphatic heterocycles. The number of benzene rings is 2. The van der Waals surface area contributed by atoms with Crippen molar-refractivity contribution in [3.63, 3.8) is 0 Å². The summed E-state index contributed by atoms with van der Waals surface area (Å²) in [5.74, 6) is -0.874. The van der Waals surface area contributed by atoms with E-state index in [0.717, 1.165) is 16.7 Å². The topological polar surface area (TPSA) is 76.1 Å². The van der Waals surface area contributed by atoms with E-state index in [0.29, 0.717) is 11.3 Å². The van der Waals surface area contributed by atoms with E-state index in [4.69, 9.17) is 9.47 Å². The van der Waals surface area contributed by atoms with Gasteiger partial charge in [0.05, 0.1) is 25.3 Å². The number of nitrogens with zero attached hydrogens (tertiary/aromatic N) is 1. The highest BCUT2D eigenvalue weighted by molar-refractivity contribution is 6.46. The molecule has 0 bridgehead atoms. The molecule has 1 fully saturated rings. The minimum atomic E-state index is -0.696. The molecule has 0 radical (unpaired) electrons. The standard InChI is InChI=1S/C26H31NO5/c1-16-15-19(32-6)11-12-20(16)23(28)21-22(27(13-14-31-5)25(30)24(21)29)17-7-9-18(10-8-17)26(2,3)4/h7-12,15,22,28H,13-14H2,1-6H3/b23-21+/t22-/m1/s1. The van der Waals surface area contributed by atoms with E-state index in [1.54, 1.807) is 32.4 Å². The molecule has 1 aliphatic rings. The van der Waals surface area contributed by atoms with Crippen LogP contribution in [0.1, 0.15) is 49.1 Å². The first-order valence-corrected chi connectivity index (χ1v) is 10.6. The number of methoxy groups -OCH3 is 2. The van der Waals surface area contributed by atoms with Crippen molar-refractivity contribution >= 4 is 17.4 Å². The van der Waals surface area contributed by atoms with Gasteiger partial charge in [-0.15, -0.1) is 0 Å². The lowest BCUT2D eigenvalue weighted by molar-refractivity contribution is -0.140. The Kier molecular flexibility index (Phi) is 6.74. The van der Waals surface area contributed by atoms with Gasteiger partial charge in [0.15, 0.2) is 0 Å². The smallest absolute Gasteiger partial charge is 0.295 e. The van der Waals surface area contributed by atoms with Crippen molar-refractivity contribution in [3.05, 3.63) is 70.3 Å². The number of carbonyl (C=O) groups excluding carboxylic acids is 2. The summed E-state index contributed by atoms with van der Waals surface area (Å²) < 4.78 is 10.4. The summed E-state index contributed by atoms with van der Waals surface area (Å²) in [6, 6.07) is 12.4. The van der Waals surface area contributed by atoms with Crippen LogP contribution < -0.4 is 4.74 Å². The lowest BCUT2D eigenvalue weighted by Gasteiger charge is -2.26. The predicted molar refractivity (Wildman–Crippen MR) is 124 cm³/mol. The minimum Gasteiger partial charge on any atom is -0.507 e.